The molecule has 6 nitrogen and oxygen atoms in total. The number of aldehydes is 1. The molecule has 1 atom stereocenters. The molecule has 0 saturated carbocycles. The molecule has 0 radical (unpaired) electrons. The maximum absolute atomic E-state index is 15.1. The molecule has 7 heteroatoms. The average Bonchev–Trinajstić information content (AvgIpc) is 3.12. The smallest absolute Gasteiger partial charge is 0.177 e. The summed E-state index contributed by atoms with van der Waals surface area (Å²) < 4.78 is 15.1. The van der Waals surface area contributed by atoms with E-state index >= 15 is 4.39 Å². The van der Waals surface area contributed by atoms with Crippen LogP contribution in [0.15, 0.2) is 59.8 Å². The van der Waals surface area contributed by atoms with Gasteiger partial charge in [0.15, 0.2) is 12.5 Å². The summed E-state index contributed by atoms with van der Waals surface area (Å²) in [5, 5.41) is 8.54. The highest BCUT2D eigenvalue weighted by atomic mass is 19.1. The topological polar surface area (TPSA) is 69.6 Å². The fourth-order valence-corrected chi connectivity index (χ4v) is 3.82. The van der Waals surface area contributed by atoms with Crippen LogP contribution in [0, 0.1) is 11.7 Å². The van der Waals surface area contributed by atoms with Crippen LogP contribution in [0.2, 0.25) is 0 Å². The van der Waals surface area contributed by atoms with Gasteiger partial charge in [-0.1, -0.05) is 24.3 Å². The Morgan fingerprint density at radius 1 is 1.14 bits per heavy atom. The molecule has 0 spiro atoms. The van der Waals surface area contributed by atoms with Crippen LogP contribution in [-0.4, -0.2) is 36.4 Å². The van der Waals surface area contributed by atoms with Gasteiger partial charge >= 0.3 is 0 Å². The van der Waals surface area contributed by atoms with Crippen LogP contribution in [0.25, 0.3) is 22.0 Å². The Morgan fingerprint density at radius 2 is 1.97 bits per heavy atom. The van der Waals surface area contributed by atoms with Gasteiger partial charge in [0.25, 0.3) is 0 Å². The van der Waals surface area contributed by atoms with Crippen molar-refractivity contribution < 1.29 is 9.18 Å². The lowest BCUT2D eigenvalue weighted by Crippen LogP contribution is -2.47. The summed E-state index contributed by atoms with van der Waals surface area (Å²) in [4.78, 5) is 17.5. The summed E-state index contributed by atoms with van der Waals surface area (Å²) >= 11 is 0. The van der Waals surface area contributed by atoms with Crippen LogP contribution in [0.3, 0.4) is 0 Å². The lowest BCUT2D eigenvalue weighted by molar-refractivity contribution is -0.109. The number of aromatic nitrogens is 1. The van der Waals surface area contributed by atoms with Crippen LogP contribution >= 0.6 is 0 Å². The van der Waals surface area contributed by atoms with Crippen LogP contribution in [0.5, 0.6) is 0 Å². The molecule has 0 bridgehead atoms. The normalized spacial score (nSPS) is 19.0. The molecule has 3 aromatic rings. The molecule has 2 N–H and O–H groups in total. The maximum Gasteiger partial charge on any atom is 0.177 e. The van der Waals surface area contributed by atoms with Crippen molar-refractivity contribution in [2.24, 2.45) is 11.0 Å². The minimum Gasteiger partial charge on any atom is -0.316 e. The zero-order valence-corrected chi connectivity index (χ0v) is 15.7. The van der Waals surface area contributed by atoms with E-state index in [0.717, 1.165) is 41.4 Å². The fourth-order valence-electron chi connectivity index (χ4n) is 3.82. The first-order valence-corrected chi connectivity index (χ1v) is 9.65. The summed E-state index contributed by atoms with van der Waals surface area (Å²) in [5.74, 6) is 0.754. The third-order valence-electron chi connectivity index (χ3n) is 5.49. The predicted molar refractivity (Wildman–Crippen MR) is 111 cm³/mol. The molecule has 2 aliphatic rings. The van der Waals surface area contributed by atoms with Gasteiger partial charge in [0.2, 0.25) is 0 Å². The zero-order valence-electron chi connectivity index (χ0n) is 15.7. The Bertz CT molecular complexity index is 1110. The fraction of sp³-hybridized carbons (Fsp3) is 0.227. The third kappa shape index (κ3) is 3.23. The molecule has 1 fully saturated rings. The maximum atomic E-state index is 15.1. The summed E-state index contributed by atoms with van der Waals surface area (Å²) in [6, 6.07) is 14.9. The van der Waals surface area contributed by atoms with Crippen molar-refractivity contribution in [3.05, 3.63) is 60.5 Å². The number of pyridine rings is 1. The van der Waals surface area contributed by atoms with Gasteiger partial charge in [0.05, 0.1) is 11.2 Å². The standard InChI is InChI=1S/C22H20FN5O/c23-18-9-16(17-4-3-15-2-1-7-25-19(15)10-17)5-6-20(18)28-21(8-14-11-24-12-14)26-27-22(28)13-29/h1-7,9-10,13-14,22,24,27H,8,11-12H2. The van der Waals surface area contributed by atoms with Crippen molar-refractivity contribution in [1.29, 1.82) is 0 Å². The Kier molecular flexibility index (Phi) is 4.44. The number of nitrogens with one attached hydrogen (secondary N) is 2. The molecular weight excluding hydrogens is 369 g/mol. The highest BCUT2D eigenvalue weighted by Gasteiger charge is 2.33. The molecule has 2 aliphatic heterocycles. The van der Waals surface area contributed by atoms with Gasteiger partial charge in [-0.2, -0.15) is 5.10 Å². The van der Waals surface area contributed by atoms with E-state index in [1.807, 2.05) is 36.4 Å². The number of halogens is 1. The number of hydrogen-bond donors (Lipinski definition) is 2. The van der Waals surface area contributed by atoms with Crippen molar-refractivity contribution >= 4 is 28.7 Å². The molecule has 5 rings (SSSR count). The van der Waals surface area contributed by atoms with Crippen molar-refractivity contribution in [1.82, 2.24) is 15.7 Å². The highest BCUT2D eigenvalue weighted by Crippen LogP contribution is 2.31. The molecule has 1 aromatic heterocycles. The van der Waals surface area contributed by atoms with Crippen molar-refractivity contribution in [2.75, 3.05) is 18.0 Å². The lowest BCUT2D eigenvalue weighted by atomic mass is 9.98. The number of hydrazone groups is 1. The van der Waals surface area contributed by atoms with Crippen LogP contribution in [-0.2, 0) is 4.79 Å². The van der Waals surface area contributed by atoms with E-state index in [4.69, 9.17) is 0 Å². The first kappa shape index (κ1) is 17.8. The van der Waals surface area contributed by atoms with Crippen molar-refractivity contribution in [2.45, 2.75) is 12.6 Å². The van der Waals surface area contributed by atoms with E-state index in [1.54, 1.807) is 17.2 Å². The Balaban J connectivity index is 1.47. The molecule has 0 amide bonds. The SMILES string of the molecule is O=CC1NN=C(CC2CNC2)N1c1ccc(-c2ccc3cccnc3c2)cc1F. The number of carbonyl (C=O) groups is 1. The number of amidine groups is 1. The number of anilines is 1. The summed E-state index contributed by atoms with van der Waals surface area (Å²) in [6.45, 7) is 1.83. The van der Waals surface area contributed by atoms with Crippen LogP contribution < -0.4 is 15.6 Å². The monoisotopic (exact) mass is 389 g/mol. The van der Waals surface area contributed by atoms with E-state index in [1.165, 1.54) is 6.07 Å². The van der Waals surface area contributed by atoms with Gasteiger partial charge in [-0.15, -0.1) is 0 Å². The number of benzene rings is 2. The molecule has 1 unspecified atom stereocenters. The minimum atomic E-state index is -0.691. The first-order valence-electron chi connectivity index (χ1n) is 9.65. The summed E-state index contributed by atoms with van der Waals surface area (Å²) in [7, 11) is 0. The molecule has 29 heavy (non-hydrogen) atoms. The Hall–Kier alpha value is -3.32. The van der Waals surface area contributed by atoms with Crippen molar-refractivity contribution in [3.63, 3.8) is 0 Å². The Labute approximate surface area is 167 Å². The molecule has 0 aliphatic carbocycles. The van der Waals surface area contributed by atoms with Gasteiger partial charge < -0.3 is 5.32 Å². The van der Waals surface area contributed by atoms with Gasteiger partial charge in [0, 0.05) is 18.0 Å². The Morgan fingerprint density at radius 3 is 2.72 bits per heavy atom. The molecule has 1 saturated heterocycles. The number of nitrogens with zero attached hydrogens (tertiary/aromatic N) is 3. The van der Waals surface area contributed by atoms with Crippen LogP contribution in [0.4, 0.5) is 10.1 Å². The number of hydrogen-bond acceptors (Lipinski definition) is 6. The summed E-state index contributed by atoms with van der Waals surface area (Å²) in [5.41, 5.74) is 5.67. The second-order valence-corrected chi connectivity index (χ2v) is 7.41. The molecule has 3 heterocycles. The lowest BCUT2D eigenvalue weighted by Gasteiger charge is -2.30. The second kappa shape index (κ2) is 7.25. The van der Waals surface area contributed by atoms with E-state index < -0.39 is 12.0 Å². The van der Waals surface area contributed by atoms with E-state index in [0.29, 0.717) is 23.9 Å². The second-order valence-electron chi connectivity index (χ2n) is 7.41. The van der Waals surface area contributed by atoms with Gasteiger partial charge in [-0.05, 0) is 54.4 Å². The van der Waals surface area contributed by atoms with E-state index in [-0.39, 0.29) is 0 Å². The first-order chi connectivity index (χ1) is 14.2. The van der Waals surface area contributed by atoms with Gasteiger partial charge in [-0.25, -0.2) is 4.39 Å². The van der Waals surface area contributed by atoms with Crippen LogP contribution in [0.1, 0.15) is 6.42 Å². The van der Waals surface area contributed by atoms with E-state index in [9.17, 15) is 4.79 Å². The number of carbonyl (C=O) groups excluding carboxylic acids is 1. The minimum absolute atomic E-state index is 0.348. The van der Waals surface area contributed by atoms with Crippen molar-refractivity contribution in [3.8, 4) is 11.1 Å². The number of fused-ring (bicyclic) bond motifs is 1. The molecular formula is C22H20FN5O. The molecule has 2 aromatic carbocycles. The third-order valence-corrected chi connectivity index (χ3v) is 5.49. The van der Waals surface area contributed by atoms with E-state index in [2.05, 4.69) is 20.8 Å². The highest BCUT2D eigenvalue weighted by molar-refractivity contribution is 6.03. The predicted octanol–water partition coefficient (Wildman–Crippen LogP) is 2.90. The molecule has 146 valence electrons. The number of rotatable bonds is 5. The van der Waals surface area contributed by atoms with Gasteiger partial charge in [0.1, 0.15) is 11.7 Å². The average molecular weight is 389 g/mol. The quantitative estimate of drug-likeness (QED) is 0.657. The largest absolute Gasteiger partial charge is 0.316 e. The summed E-state index contributed by atoms with van der Waals surface area (Å²) in [6.07, 6.45) is 2.50. The zero-order chi connectivity index (χ0) is 19.8. The van der Waals surface area contributed by atoms with Gasteiger partial charge in [-0.3, -0.25) is 20.1 Å².